The highest BCUT2D eigenvalue weighted by molar-refractivity contribution is 7.89. The van der Waals surface area contributed by atoms with Gasteiger partial charge in [0.25, 0.3) is 5.91 Å². The van der Waals surface area contributed by atoms with Gasteiger partial charge in [0, 0.05) is 12.8 Å². The van der Waals surface area contributed by atoms with Crippen LogP contribution in [0.4, 0.5) is 0 Å². The third-order valence-corrected chi connectivity index (χ3v) is 4.95. The van der Waals surface area contributed by atoms with Gasteiger partial charge in [0.2, 0.25) is 0 Å². The van der Waals surface area contributed by atoms with Gasteiger partial charge in [0.1, 0.15) is 11.5 Å². The second kappa shape index (κ2) is 6.74. The molecular weight excluding hydrogens is 322 g/mol. The van der Waals surface area contributed by atoms with E-state index in [0.29, 0.717) is 12.8 Å². The minimum absolute atomic E-state index is 0.0139. The fourth-order valence-electron chi connectivity index (χ4n) is 2.87. The fraction of sp³-hybridized carbons (Fsp3) is 0.600. The zero-order valence-electron chi connectivity index (χ0n) is 13.0. The maximum atomic E-state index is 12.1. The van der Waals surface area contributed by atoms with Crippen LogP contribution in [-0.4, -0.2) is 38.2 Å². The van der Waals surface area contributed by atoms with Crippen LogP contribution in [0.25, 0.3) is 0 Å². The summed E-state index contributed by atoms with van der Waals surface area (Å²) in [6.45, 7) is 0.0449. The van der Waals surface area contributed by atoms with Crippen molar-refractivity contribution in [1.29, 1.82) is 0 Å². The van der Waals surface area contributed by atoms with E-state index in [0.717, 1.165) is 25.5 Å². The molecule has 1 amide bonds. The predicted molar refractivity (Wildman–Crippen MR) is 82.7 cm³/mol. The Kier molecular flexibility index (Phi) is 5.13. The highest BCUT2D eigenvalue weighted by Crippen LogP contribution is 2.36. The standard InChI is InChI=1S/C15H21NO6S/c1-23(20,21)9-11-5-6-12(22-11)13(17)16-10-15(14(18)19)7-3-2-4-8-15/h5-6H,2-4,7-10H2,1H3,(H,16,17)(H,18,19). The quantitative estimate of drug-likeness (QED) is 0.811. The Morgan fingerprint density at radius 2 is 1.91 bits per heavy atom. The number of sulfone groups is 1. The number of rotatable bonds is 6. The largest absolute Gasteiger partial charge is 0.481 e. The van der Waals surface area contributed by atoms with Crippen LogP contribution in [0.5, 0.6) is 0 Å². The van der Waals surface area contributed by atoms with Crippen LogP contribution in [0.2, 0.25) is 0 Å². The lowest BCUT2D eigenvalue weighted by atomic mass is 9.74. The number of hydrogen-bond acceptors (Lipinski definition) is 5. The number of furan rings is 1. The summed E-state index contributed by atoms with van der Waals surface area (Å²) in [5.41, 5.74) is -0.921. The molecule has 2 N–H and O–H groups in total. The van der Waals surface area contributed by atoms with Crippen molar-refractivity contribution in [2.45, 2.75) is 37.9 Å². The molecule has 1 heterocycles. The second-order valence-electron chi connectivity index (χ2n) is 6.16. The molecular formula is C15H21NO6S. The molecule has 1 aliphatic rings. The summed E-state index contributed by atoms with van der Waals surface area (Å²) in [6.07, 6.45) is 4.84. The maximum absolute atomic E-state index is 12.1. The molecule has 2 rings (SSSR count). The molecule has 0 atom stereocenters. The molecule has 0 unspecified atom stereocenters. The average molecular weight is 343 g/mol. The van der Waals surface area contributed by atoms with E-state index in [1.54, 1.807) is 0 Å². The van der Waals surface area contributed by atoms with Gasteiger partial charge in [0.15, 0.2) is 15.6 Å². The molecule has 1 fully saturated rings. The lowest BCUT2D eigenvalue weighted by molar-refractivity contribution is -0.150. The van der Waals surface area contributed by atoms with Crippen molar-refractivity contribution in [3.63, 3.8) is 0 Å². The molecule has 0 radical (unpaired) electrons. The molecule has 1 saturated carbocycles. The molecule has 7 nitrogen and oxygen atoms in total. The molecule has 0 bridgehead atoms. The van der Waals surface area contributed by atoms with Crippen molar-refractivity contribution in [3.8, 4) is 0 Å². The number of carboxylic acids is 1. The summed E-state index contributed by atoms with van der Waals surface area (Å²) in [7, 11) is -3.24. The van der Waals surface area contributed by atoms with Crippen LogP contribution >= 0.6 is 0 Å². The van der Waals surface area contributed by atoms with E-state index in [9.17, 15) is 23.1 Å². The van der Waals surface area contributed by atoms with Crippen LogP contribution in [-0.2, 0) is 20.4 Å². The van der Waals surface area contributed by atoms with Gasteiger partial charge in [-0.2, -0.15) is 0 Å². The number of hydrogen-bond donors (Lipinski definition) is 2. The van der Waals surface area contributed by atoms with E-state index >= 15 is 0 Å². The van der Waals surface area contributed by atoms with E-state index < -0.39 is 27.1 Å². The van der Waals surface area contributed by atoms with E-state index in [1.165, 1.54) is 12.1 Å². The lowest BCUT2D eigenvalue weighted by Gasteiger charge is -2.33. The van der Waals surface area contributed by atoms with Gasteiger partial charge in [-0.25, -0.2) is 8.42 Å². The SMILES string of the molecule is CS(=O)(=O)Cc1ccc(C(=O)NCC2(C(=O)O)CCCCC2)o1. The molecule has 1 aromatic heterocycles. The fourth-order valence-corrected chi connectivity index (χ4v) is 3.54. The number of amides is 1. The minimum atomic E-state index is -3.24. The van der Waals surface area contributed by atoms with Crippen LogP contribution in [0.15, 0.2) is 16.5 Å². The number of carboxylic acid groups (broad SMARTS) is 1. The van der Waals surface area contributed by atoms with Gasteiger partial charge in [-0.15, -0.1) is 0 Å². The number of carbonyl (C=O) groups is 2. The van der Waals surface area contributed by atoms with E-state index in [2.05, 4.69) is 5.32 Å². The molecule has 1 aliphatic carbocycles. The number of nitrogens with one attached hydrogen (secondary N) is 1. The molecule has 23 heavy (non-hydrogen) atoms. The number of carbonyl (C=O) groups excluding carboxylic acids is 1. The van der Waals surface area contributed by atoms with Crippen LogP contribution < -0.4 is 5.32 Å². The first-order valence-electron chi connectivity index (χ1n) is 7.50. The zero-order valence-corrected chi connectivity index (χ0v) is 13.8. The first-order chi connectivity index (χ1) is 10.7. The Morgan fingerprint density at radius 3 is 2.48 bits per heavy atom. The van der Waals surface area contributed by atoms with Gasteiger partial charge in [-0.05, 0) is 25.0 Å². The highest BCUT2D eigenvalue weighted by atomic mass is 32.2. The van der Waals surface area contributed by atoms with Crippen molar-refractivity contribution in [2.75, 3.05) is 12.8 Å². The second-order valence-corrected chi connectivity index (χ2v) is 8.31. The third kappa shape index (κ3) is 4.57. The normalized spacial score (nSPS) is 17.6. The Balaban J connectivity index is 2.00. The predicted octanol–water partition coefficient (Wildman–Crippen LogP) is 1.59. The average Bonchev–Trinajstić information content (AvgIpc) is 2.92. The summed E-state index contributed by atoms with van der Waals surface area (Å²) in [6, 6.07) is 2.83. The topological polar surface area (TPSA) is 114 Å². The van der Waals surface area contributed by atoms with E-state index in [-0.39, 0.29) is 23.8 Å². The van der Waals surface area contributed by atoms with E-state index in [4.69, 9.17) is 4.42 Å². The van der Waals surface area contributed by atoms with Crippen molar-refractivity contribution in [3.05, 3.63) is 23.7 Å². The van der Waals surface area contributed by atoms with Gasteiger partial charge in [-0.1, -0.05) is 19.3 Å². The zero-order chi connectivity index (χ0) is 17.1. The molecule has 0 aromatic carbocycles. The van der Waals surface area contributed by atoms with Crippen molar-refractivity contribution in [1.82, 2.24) is 5.32 Å². The first kappa shape index (κ1) is 17.5. The summed E-state index contributed by atoms with van der Waals surface area (Å²) < 4.78 is 27.6. The maximum Gasteiger partial charge on any atom is 0.311 e. The molecule has 0 aliphatic heterocycles. The molecule has 0 spiro atoms. The van der Waals surface area contributed by atoms with Crippen molar-refractivity contribution < 1.29 is 27.5 Å². The molecule has 8 heteroatoms. The molecule has 128 valence electrons. The summed E-state index contributed by atoms with van der Waals surface area (Å²) in [5.74, 6) is -1.53. The van der Waals surface area contributed by atoms with Crippen LogP contribution in [0.3, 0.4) is 0 Å². The molecule has 1 aromatic rings. The summed E-state index contributed by atoms with van der Waals surface area (Å²) in [5, 5.41) is 12.1. The van der Waals surface area contributed by atoms with Gasteiger partial charge in [-0.3, -0.25) is 9.59 Å². The monoisotopic (exact) mass is 343 g/mol. The van der Waals surface area contributed by atoms with Crippen molar-refractivity contribution >= 4 is 21.7 Å². The minimum Gasteiger partial charge on any atom is -0.481 e. The Hall–Kier alpha value is -1.83. The van der Waals surface area contributed by atoms with E-state index in [1.807, 2.05) is 0 Å². The van der Waals surface area contributed by atoms with Crippen LogP contribution in [0, 0.1) is 5.41 Å². The van der Waals surface area contributed by atoms with Crippen LogP contribution in [0.1, 0.15) is 48.4 Å². The Bertz CT molecular complexity index is 685. The number of aliphatic carboxylic acids is 1. The van der Waals surface area contributed by atoms with Gasteiger partial charge < -0.3 is 14.8 Å². The van der Waals surface area contributed by atoms with Crippen molar-refractivity contribution in [2.24, 2.45) is 5.41 Å². The summed E-state index contributed by atoms with van der Waals surface area (Å²) >= 11 is 0. The Morgan fingerprint density at radius 1 is 1.26 bits per heavy atom. The molecule has 0 saturated heterocycles. The third-order valence-electron chi connectivity index (χ3n) is 4.14. The lowest BCUT2D eigenvalue weighted by Crippen LogP contribution is -2.44. The highest BCUT2D eigenvalue weighted by Gasteiger charge is 2.40. The first-order valence-corrected chi connectivity index (χ1v) is 9.56. The Labute approximate surface area is 135 Å². The smallest absolute Gasteiger partial charge is 0.311 e. The van der Waals surface area contributed by atoms with Gasteiger partial charge >= 0.3 is 5.97 Å². The summed E-state index contributed by atoms with van der Waals surface area (Å²) in [4.78, 5) is 23.6. The van der Waals surface area contributed by atoms with Gasteiger partial charge in [0.05, 0.1) is 5.41 Å².